The van der Waals surface area contributed by atoms with Crippen molar-refractivity contribution in [2.75, 3.05) is 26.2 Å². The maximum atomic E-state index is 12.2. The molecule has 1 amide bonds. The van der Waals surface area contributed by atoms with E-state index in [1.165, 1.54) is 0 Å². The molecule has 20 heavy (non-hydrogen) atoms. The molecule has 112 valence electrons. The summed E-state index contributed by atoms with van der Waals surface area (Å²) in [6.45, 7) is 11.9. The van der Waals surface area contributed by atoms with Gasteiger partial charge in [-0.2, -0.15) is 0 Å². The highest BCUT2D eigenvalue weighted by Crippen LogP contribution is 2.15. The Morgan fingerprint density at radius 2 is 1.90 bits per heavy atom. The van der Waals surface area contributed by atoms with Gasteiger partial charge in [-0.3, -0.25) is 9.69 Å². The van der Waals surface area contributed by atoms with Crippen LogP contribution in [-0.2, 0) is 11.2 Å². The zero-order valence-electron chi connectivity index (χ0n) is 13.0. The Morgan fingerprint density at radius 3 is 2.40 bits per heavy atom. The van der Waals surface area contributed by atoms with Crippen LogP contribution in [0, 0.1) is 13.8 Å². The van der Waals surface area contributed by atoms with Crippen LogP contribution in [0.15, 0.2) is 4.52 Å². The van der Waals surface area contributed by atoms with Crippen LogP contribution >= 0.6 is 0 Å². The van der Waals surface area contributed by atoms with E-state index in [0.717, 1.165) is 49.6 Å². The predicted octanol–water partition coefficient (Wildman–Crippen LogP) is 1.78. The minimum absolute atomic E-state index is 0.244. The summed E-state index contributed by atoms with van der Waals surface area (Å²) < 4.78 is 5.13. The standard InChI is InChI=1S/C15H25N3O2/c1-11(2)17-7-9-18(10-8-17)15(19)6-5-14-12(3)16-20-13(14)4/h11H,5-10H2,1-4H3. The molecule has 0 spiro atoms. The van der Waals surface area contributed by atoms with Gasteiger partial charge >= 0.3 is 0 Å². The smallest absolute Gasteiger partial charge is 0.222 e. The minimum Gasteiger partial charge on any atom is -0.361 e. The van der Waals surface area contributed by atoms with Gasteiger partial charge in [0.25, 0.3) is 0 Å². The van der Waals surface area contributed by atoms with Crippen LogP contribution in [-0.4, -0.2) is 53.1 Å². The Hall–Kier alpha value is -1.36. The van der Waals surface area contributed by atoms with Gasteiger partial charge in [0.1, 0.15) is 5.76 Å². The lowest BCUT2D eigenvalue weighted by atomic mass is 10.1. The zero-order valence-corrected chi connectivity index (χ0v) is 13.0. The van der Waals surface area contributed by atoms with Crippen LogP contribution < -0.4 is 0 Å². The molecule has 0 radical (unpaired) electrons. The molecule has 1 fully saturated rings. The molecule has 2 rings (SSSR count). The molecule has 1 aliphatic heterocycles. The second kappa shape index (κ2) is 6.39. The summed E-state index contributed by atoms with van der Waals surface area (Å²) >= 11 is 0. The van der Waals surface area contributed by atoms with Crippen LogP contribution in [0.1, 0.15) is 37.3 Å². The van der Waals surface area contributed by atoms with Gasteiger partial charge in [-0.1, -0.05) is 5.16 Å². The van der Waals surface area contributed by atoms with E-state index in [4.69, 9.17) is 4.52 Å². The van der Waals surface area contributed by atoms with E-state index < -0.39 is 0 Å². The van der Waals surface area contributed by atoms with Crippen molar-refractivity contribution >= 4 is 5.91 Å². The molecular weight excluding hydrogens is 254 g/mol. The molecule has 5 nitrogen and oxygen atoms in total. The summed E-state index contributed by atoms with van der Waals surface area (Å²) in [5, 5.41) is 3.93. The van der Waals surface area contributed by atoms with E-state index in [9.17, 15) is 4.79 Å². The molecule has 0 N–H and O–H groups in total. The van der Waals surface area contributed by atoms with Crippen molar-refractivity contribution in [3.8, 4) is 0 Å². The molecule has 1 aromatic rings. The average Bonchev–Trinajstić information content (AvgIpc) is 2.75. The molecular formula is C15H25N3O2. The molecule has 1 saturated heterocycles. The monoisotopic (exact) mass is 279 g/mol. The van der Waals surface area contributed by atoms with Gasteiger partial charge in [0, 0.05) is 44.2 Å². The third kappa shape index (κ3) is 3.39. The van der Waals surface area contributed by atoms with E-state index in [-0.39, 0.29) is 5.91 Å². The lowest BCUT2D eigenvalue weighted by molar-refractivity contribution is -0.133. The SMILES string of the molecule is Cc1noc(C)c1CCC(=O)N1CCN(C(C)C)CC1. The van der Waals surface area contributed by atoms with Crippen LogP contribution in [0.25, 0.3) is 0 Å². The van der Waals surface area contributed by atoms with E-state index in [1.807, 2.05) is 18.7 Å². The third-order valence-corrected chi connectivity index (χ3v) is 4.17. The van der Waals surface area contributed by atoms with Crippen molar-refractivity contribution in [2.45, 2.75) is 46.6 Å². The Morgan fingerprint density at radius 1 is 1.25 bits per heavy atom. The maximum Gasteiger partial charge on any atom is 0.222 e. The molecule has 1 aliphatic rings. The molecule has 5 heteroatoms. The van der Waals surface area contributed by atoms with Gasteiger partial charge in [-0.25, -0.2) is 0 Å². The summed E-state index contributed by atoms with van der Waals surface area (Å²) in [6, 6.07) is 0.564. The highest BCUT2D eigenvalue weighted by Gasteiger charge is 2.22. The summed E-state index contributed by atoms with van der Waals surface area (Å²) in [7, 11) is 0. The van der Waals surface area contributed by atoms with Crippen LogP contribution in [0.5, 0.6) is 0 Å². The van der Waals surface area contributed by atoms with E-state index >= 15 is 0 Å². The van der Waals surface area contributed by atoms with Gasteiger partial charge in [0.05, 0.1) is 5.69 Å². The number of carbonyl (C=O) groups is 1. The van der Waals surface area contributed by atoms with Crippen LogP contribution in [0.3, 0.4) is 0 Å². The van der Waals surface area contributed by atoms with Gasteiger partial charge in [0.2, 0.25) is 5.91 Å². The van der Waals surface area contributed by atoms with E-state index in [1.54, 1.807) is 0 Å². The average molecular weight is 279 g/mol. The van der Waals surface area contributed by atoms with Gasteiger partial charge in [-0.05, 0) is 34.1 Å². The number of hydrogen-bond donors (Lipinski definition) is 0. The third-order valence-electron chi connectivity index (χ3n) is 4.17. The minimum atomic E-state index is 0.244. The van der Waals surface area contributed by atoms with Crippen molar-refractivity contribution in [3.63, 3.8) is 0 Å². The molecule has 1 aromatic heterocycles. The molecule has 2 heterocycles. The largest absolute Gasteiger partial charge is 0.361 e. The van der Waals surface area contributed by atoms with Gasteiger partial charge < -0.3 is 9.42 Å². The Bertz CT molecular complexity index is 440. The second-order valence-electron chi connectivity index (χ2n) is 5.81. The maximum absolute atomic E-state index is 12.2. The summed E-state index contributed by atoms with van der Waals surface area (Å²) in [5.41, 5.74) is 1.99. The molecule has 0 bridgehead atoms. The highest BCUT2D eigenvalue weighted by molar-refractivity contribution is 5.76. The first-order valence-corrected chi connectivity index (χ1v) is 7.42. The lowest BCUT2D eigenvalue weighted by Crippen LogP contribution is -2.50. The first-order valence-electron chi connectivity index (χ1n) is 7.42. The van der Waals surface area contributed by atoms with Crippen LogP contribution in [0.4, 0.5) is 0 Å². The van der Waals surface area contributed by atoms with Crippen molar-refractivity contribution in [3.05, 3.63) is 17.0 Å². The lowest BCUT2D eigenvalue weighted by Gasteiger charge is -2.37. The van der Waals surface area contributed by atoms with Crippen molar-refractivity contribution in [1.82, 2.24) is 15.0 Å². The number of piperazine rings is 1. The number of carbonyl (C=O) groups excluding carboxylic acids is 1. The quantitative estimate of drug-likeness (QED) is 0.843. The van der Waals surface area contributed by atoms with Crippen molar-refractivity contribution < 1.29 is 9.32 Å². The van der Waals surface area contributed by atoms with Crippen molar-refractivity contribution in [2.24, 2.45) is 0 Å². The Balaban J connectivity index is 1.82. The number of aromatic nitrogens is 1. The number of rotatable bonds is 4. The number of aryl methyl sites for hydroxylation is 2. The molecule has 0 saturated carbocycles. The Kier molecular flexibility index (Phi) is 4.81. The molecule has 0 aromatic carbocycles. The summed E-state index contributed by atoms with van der Waals surface area (Å²) in [4.78, 5) is 16.6. The fourth-order valence-corrected chi connectivity index (χ4v) is 2.74. The zero-order chi connectivity index (χ0) is 14.7. The summed E-state index contributed by atoms with van der Waals surface area (Å²) in [6.07, 6.45) is 1.27. The van der Waals surface area contributed by atoms with Gasteiger partial charge in [-0.15, -0.1) is 0 Å². The number of hydrogen-bond acceptors (Lipinski definition) is 4. The molecule has 0 aliphatic carbocycles. The van der Waals surface area contributed by atoms with Gasteiger partial charge in [0.15, 0.2) is 0 Å². The first-order chi connectivity index (χ1) is 9.49. The number of amides is 1. The topological polar surface area (TPSA) is 49.6 Å². The second-order valence-corrected chi connectivity index (χ2v) is 5.81. The predicted molar refractivity (Wildman–Crippen MR) is 77.6 cm³/mol. The number of nitrogens with zero attached hydrogens (tertiary/aromatic N) is 3. The fraction of sp³-hybridized carbons (Fsp3) is 0.733. The molecule has 0 unspecified atom stereocenters. The summed E-state index contributed by atoms with van der Waals surface area (Å²) in [5.74, 6) is 1.08. The van der Waals surface area contributed by atoms with Crippen LogP contribution in [0.2, 0.25) is 0 Å². The molecule has 0 atom stereocenters. The highest BCUT2D eigenvalue weighted by atomic mass is 16.5. The van der Waals surface area contributed by atoms with E-state index in [2.05, 4.69) is 23.9 Å². The van der Waals surface area contributed by atoms with Crippen molar-refractivity contribution in [1.29, 1.82) is 0 Å². The Labute approximate surface area is 120 Å². The normalized spacial score (nSPS) is 16.9. The van der Waals surface area contributed by atoms with E-state index in [0.29, 0.717) is 12.5 Å². The fourth-order valence-electron chi connectivity index (χ4n) is 2.74. The first kappa shape index (κ1) is 15.0.